The third-order valence-corrected chi connectivity index (χ3v) is 4.91. The van der Waals surface area contributed by atoms with Gasteiger partial charge in [-0.1, -0.05) is 6.92 Å². The lowest BCUT2D eigenvalue weighted by Crippen LogP contribution is -2.34. The van der Waals surface area contributed by atoms with E-state index >= 15 is 0 Å². The molecule has 3 rings (SSSR count). The number of aromatic nitrogens is 2. The predicted molar refractivity (Wildman–Crippen MR) is 92.7 cm³/mol. The molecule has 0 radical (unpaired) electrons. The molecule has 0 atom stereocenters. The number of hydrogen-bond donors (Lipinski definition) is 1. The van der Waals surface area contributed by atoms with Gasteiger partial charge in [-0.15, -0.1) is 11.3 Å². The molecule has 0 aliphatic carbocycles. The molecule has 1 aliphatic heterocycles. The Kier molecular flexibility index (Phi) is 5.18. The number of thiophene rings is 1. The first-order valence-electron chi connectivity index (χ1n) is 8.03. The number of carbonyl (C=O) groups is 1. The number of nitriles is 1. The molecule has 124 valence electrons. The molecule has 2 aromatic heterocycles. The highest BCUT2D eigenvalue weighted by molar-refractivity contribution is 7.14. The molecule has 1 amide bonds. The van der Waals surface area contributed by atoms with Crippen LogP contribution >= 0.6 is 11.3 Å². The monoisotopic (exact) mass is 341 g/mol. The van der Waals surface area contributed by atoms with Crippen molar-refractivity contribution < 1.29 is 4.79 Å². The van der Waals surface area contributed by atoms with Crippen LogP contribution in [-0.2, 0) is 24.2 Å². The summed E-state index contributed by atoms with van der Waals surface area (Å²) >= 11 is 1.37. The molecule has 7 heteroatoms. The molecule has 0 fully saturated rings. The normalized spacial score (nSPS) is 14.0. The first-order valence-corrected chi connectivity index (χ1v) is 8.91. The van der Waals surface area contributed by atoms with Crippen molar-refractivity contribution in [1.82, 2.24) is 14.9 Å². The van der Waals surface area contributed by atoms with Crippen molar-refractivity contribution in [1.29, 1.82) is 5.26 Å². The van der Waals surface area contributed by atoms with Gasteiger partial charge >= 0.3 is 0 Å². The molecule has 3 heterocycles. The van der Waals surface area contributed by atoms with Gasteiger partial charge in [-0.25, -0.2) is 9.97 Å². The second-order valence-corrected chi connectivity index (χ2v) is 6.63. The summed E-state index contributed by atoms with van der Waals surface area (Å²) in [6.45, 7) is 4.41. The number of carbonyl (C=O) groups excluding carboxylic acids is 1. The molecular formula is C17H19N5OS. The maximum atomic E-state index is 12.1. The van der Waals surface area contributed by atoms with Gasteiger partial charge in [-0.05, 0) is 23.4 Å². The van der Waals surface area contributed by atoms with Gasteiger partial charge in [0, 0.05) is 38.7 Å². The summed E-state index contributed by atoms with van der Waals surface area (Å²) in [6, 6.07) is 3.79. The number of amides is 1. The molecule has 1 N–H and O–H groups in total. The van der Waals surface area contributed by atoms with Crippen LogP contribution in [0.3, 0.4) is 0 Å². The van der Waals surface area contributed by atoms with E-state index in [9.17, 15) is 4.79 Å². The van der Waals surface area contributed by atoms with Crippen molar-refractivity contribution in [2.45, 2.75) is 32.7 Å². The van der Waals surface area contributed by atoms with Gasteiger partial charge in [0.15, 0.2) is 0 Å². The van der Waals surface area contributed by atoms with Crippen LogP contribution in [0.4, 0.5) is 5.00 Å². The summed E-state index contributed by atoms with van der Waals surface area (Å²) in [4.78, 5) is 23.3. The summed E-state index contributed by atoms with van der Waals surface area (Å²) in [6.07, 6.45) is 4.09. The van der Waals surface area contributed by atoms with Crippen molar-refractivity contribution in [3.05, 3.63) is 40.3 Å². The lowest BCUT2D eigenvalue weighted by Gasteiger charge is -2.27. The molecule has 0 saturated heterocycles. The van der Waals surface area contributed by atoms with Crippen LogP contribution in [-0.4, -0.2) is 33.9 Å². The van der Waals surface area contributed by atoms with Gasteiger partial charge < -0.3 is 5.32 Å². The van der Waals surface area contributed by atoms with E-state index in [-0.39, 0.29) is 5.91 Å². The van der Waals surface area contributed by atoms with Gasteiger partial charge in [0.1, 0.15) is 16.9 Å². The smallest absolute Gasteiger partial charge is 0.226 e. The molecule has 0 aromatic carbocycles. The summed E-state index contributed by atoms with van der Waals surface area (Å²) in [5, 5.41) is 14.2. The third kappa shape index (κ3) is 3.78. The number of rotatable bonds is 5. The first kappa shape index (κ1) is 16.6. The molecule has 0 unspecified atom stereocenters. The second-order valence-electron chi connectivity index (χ2n) is 5.71. The highest BCUT2D eigenvalue weighted by atomic mass is 32.1. The number of aryl methyl sites for hydroxylation is 1. The van der Waals surface area contributed by atoms with Crippen molar-refractivity contribution in [3.63, 3.8) is 0 Å². The first-order chi connectivity index (χ1) is 11.7. The van der Waals surface area contributed by atoms with Gasteiger partial charge in [0.2, 0.25) is 5.91 Å². The molecule has 1 aliphatic rings. The second kappa shape index (κ2) is 7.51. The van der Waals surface area contributed by atoms with Gasteiger partial charge in [-0.3, -0.25) is 9.69 Å². The summed E-state index contributed by atoms with van der Waals surface area (Å²) in [5.41, 5.74) is 2.81. The zero-order valence-electron chi connectivity index (χ0n) is 13.6. The van der Waals surface area contributed by atoms with Crippen LogP contribution in [0.25, 0.3) is 0 Å². The van der Waals surface area contributed by atoms with Crippen LogP contribution in [0, 0.1) is 11.3 Å². The number of hydrogen-bond acceptors (Lipinski definition) is 6. The minimum atomic E-state index is -0.0586. The van der Waals surface area contributed by atoms with E-state index in [1.807, 2.05) is 13.1 Å². The summed E-state index contributed by atoms with van der Waals surface area (Å²) in [5.74, 6) is 0.812. The molecular weight excluding hydrogens is 322 g/mol. The van der Waals surface area contributed by atoms with Gasteiger partial charge in [-0.2, -0.15) is 5.26 Å². The van der Waals surface area contributed by atoms with E-state index in [0.717, 1.165) is 37.4 Å². The Hall–Kier alpha value is -2.30. The van der Waals surface area contributed by atoms with Crippen molar-refractivity contribution >= 4 is 22.2 Å². The third-order valence-electron chi connectivity index (χ3n) is 4.08. The van der Waals surface area contributed by atoms with E-state index in [1.54, 1.807) is 11.4 Å². The van der Waals surface area contributed by atoms with Crippen LogP contribution in [0.2, 0.25) is 0 Å². The average Bonchev–Trinajstić information content (AvgIpc) is 3.06. The van der Waals surface area contributed by atoms with Crippen molar-refractivity contribution in [2.75, 3.05) is 18.4 Å². The largest absolute Gasteiger partial charge is 0.317 e. The maximum Gasteiger partial charge on any atom is 0.226 e. The number of nitrogens with one attached hydrogen (secondary N) is 1. The highest BCUT2D eigenvalue weighted by Gasteiger charge is 2.19. The van der Waals surface area contributed by atoms with E-state index < -0.39 is 0 Å². The molecule has 0 spiro atoms. The van der Waals surface area contributed by atoms with E-state index in [4.69, 9.17) is 5.26 Å². The Morgan fingerprint density at radius 3 is 3.21 bits per heavy atom. The van der Waals surface area contributed by atoms with Crippen molar-refractivity contribution in [2.24, 2.45) is 0 Å². The van der Waals surface area contributed by atoms with Gasteiger partial charge in [0.05, 0.1) is 11.3 Å². The molecule has 24 heavy (non-hydrogen) atoms. The Balaban J connectivity index is 1.54. The van der Waals surface area contributed by atoms with E-state index in [0.29, 0.717) is 23.5 Å². The fourth-order valence-corrected chi connectivity index (χ4v) is 3.46. The minimum Gasteiger partial charge on any atom is -0.317 e. The molecule has 0 saturated carbocycles. The number of nitrogens with zero attached hydrogens (tertiary/aromatic N) is 4. The SMILES string of the molecule is CCc1ncc2c(n1)CN(CCC(=O)Nc1sccc1C#N)CC2. The van der Waals surface area contributed by atoms with Crippen molar-refractivity contribution in [3.8, 4) is 6.07 Å². The Morgan fingerprint density at radius 2 is 2.42 bits per heavy atom. The molecule has 6 nitrogen and oxygen atoms in total. The maximum absolute atomic E-state index is 12.1. The zero-order valence-corrected chi connectivity index (χ0v) is 14.4. The zero-order chi connectivity index (χ0) is 16.9. The summed E-state index contributed by atoms with van der Waals surface area (Å²) in [7, 11) is 0. The number of anilines is 1. The Morgan fingerprint density at radius 1 is 1.54 bits per heavy atom. The minimum absolute atomic E-state index is 0.0586. The van der Waals surface area contributed by atoms with Crippen LogP contribution in [0.1, 0.15) is 36.0 Å². The Labute approximate surface area is 145 Å². The van der Waals surface area contributed by atoms with Crippen LogP contribution < -0.4 is 5.32 Å². The fraction of sp³-hybridized carbons (Fsp3) is 0.412. The predicted octanol–water partition coefficient (Wildman–Crippen LogP) is 2.36. The summed E-state index contributed by atoms with van der Waals surface area (Å²) < 4.78 is 0. The Bertz CT molecular complexity index is 780. The lowest BCUT2D eigenvalue weighted by molar-refractivity contribution is -0.116. The van der Waals surface area contributed by atoms with E-state index in [1.165, 1.54) is 16.9 Å². The van der Waals surface area contributed by atoms with Gasteiger partial charge in [0.25, 0.3) is 0 Å². The lowest BCUT2D eigenvalue weighted by atomic mass is 10.1. The highest BCUT2D eigenvalue weighted by Crippen LogP contribution is 2.22. The van der Waals surface area contributed by atoms with Crippen LogP contribution in [0.15, 0.2) is 17.6 Å². The fourth-order valence-electron chi connectivity index (χ4n) is 2.70. The quantitative estimate of drug-likeness (QED) is 0.903. The average molecular weight is 341 g/mol. The topological polar surface area (TPSA) is 81.9 Å². The molecule has 0 bridgehead atoms. The van der Waals surface area contributed by atoms with E-state index in [2.05, 4.69) is 26.3 Å². The number of fused-ring (bicyclic) bond motifs is 1. The van der Waals surface area contributed by atoms with Crippen LogP contribution in [0.5, 0.6) is 0 Å². The standard InChI is InChI=1S/C17H19N5OS/c1-2-15-19-10-13-3-6-22(11-14(13)20-15)7-4-16(23)21-17-12(9-18)5-8-24-17/h5,8,10H,2-4,6-7,11H2,1H3,(H,21,23). The molecule has 2 aromatic rings.